The third-order valence-corrected chi connectivity index (χ3v) is 2.52. The Labute approximate surface area is 92.0 Å². The van der Waals surface area contributed by atoms with Gasteiger partial charge in [0.2, 0.25) is 5.91 Å². The van der Waals surface area contributed by atoms with Crippen molar-refractivity contribution < 1.29 is 9.53 Å². The van der Waals surface area contributed by atoms with Crippen molar-refractivity contribution in [2.45, 2.75) is 32.3 Å². The van der Waals surface area contributed by atoms with E-state index in [1.54, 1.807) is 0 Å². The fourth-order valence-corrected chi connectivity index (χ4v) is 1.77. The Bertz CT molecular complexity index is 191. The SMILES string of the molecule is CCCNC(=O)CN(C)CC1CCCO1. The first kappa shape index (κ1) is 12.5. The quantitative estimate of drug-likeness (QED) is 0.705. The molecule has 0 saturated carbocycles. The highest BCUT2D eigenvalue weighted by atomic mass is 16.5. The summed E-state index contributed by atoms with van der Waals surface area (Å²) in [6.45, 7) is 5.03. The minimum absolute atomic E-state index is 0.109. The first-order valence-corrected chi connectivity index (χ1v) is 5.79. The van der Waals surface area contributed by atoms with E-state index >= 15 is 0 Å². The van der Waals surface area contributed by atoms with Crippen LogP contribution in [0.25, 0.3) is 0 Å². The molecule has 1 unspecified atom stereocenters. The Morgan fingerprint density at radius 3 is 3.00 bits per heavy atom. The van der Waals surface area contributed by atoms with E-state index in [-0.39, 0.29) is 5.91 Å². The predicted octanol–water partition coefficient (Wildman–Crippen LogP) is 0.623. The lowest BCUT2D eigenvalue weighted by Gasteiger charge is -2.19. The van der Waals surface area contributed by atoms with Crippen LogP contribution in [0.3, 0.4) is 0 Å². The van der Waals surface area contributed by atoms with Crippen LogP contribution in [0.1, 0.15) is 26.2 Å². The van der Waals surface area contributed by atoms with Gasteiger partial charge in [-0.2, -0.15) is 0 Å². The zero-order chi connectivity index (χ0) is 11.1. The highest BCUT2D eigenvalue weighted by molar-refractivity contribution is 5.77. The van der Waals surface area contributed by atoms with Crippen LogP contribution in [0.4, 0.5) is 0 Å². The van der Waals surface area contributed by atoms with Gasteiger partial charge in [0.15, 0.2) is 0 Å². The molecule has 0 aliphatic carbocycles. The maximum atomic E-state index is 11.4. The molecule has 1 amide bonds. The summed E-state index contributed by atoms with van der Waals surface area (Å²) in [6, 6.07) is 0. The molecule has 1 heterocycles. The van der Waals surface area contributed by atoms with Crippen molar-refractivity contribution in [1.29, 1.82) is 0 Å². The minimum Gasteiger partial charge on any atom is -0.377 e. The Morgan fingerprint density at radius 2 is 2.40 bits per heavy atom. The molecule has 1 rings (SSSR count). The molecule has 15 heavy (non-hydrogen) atoms. The normalized spacial score (nSPS) is 20.9. The smallest absolute Gasteiger partial charge is 0.234 e. The molecule has 1 aliphatic rings. The second-order valence-corrected chi connectivity index (χ2v) is 4.18. The first-order valence-electron chi connectivity index (χ1n) is 5.79. The third kappa shape index (κ3) is 5.14. The van der Waals surface area contributed by atoms with E-state index in [2.05, 4.69) is 12.2 Å². The number of carbonyl (C=O) groups excluding carboxylic acids is 1. The Balaban J connectivity index is 2.11. The number of hydrogen-bond acceptors (Lipinski definition) is 3. The Morgan fingerprint density at radius 1 is 1.60 bits per heavy atom. The van der Waals surface area contributed by atoms with Crippen molar-refractivity contribution in [1.82, 2.24) is 10.2 Å². The van der Waals surface area contributed by atoms with Crippen LogP contribution in [0.15, 0.2) is 0 Å². The Kier molecular flexibility index (Phi) is 5.65. The molecule has 1 saturated heterocycles. The molecule has 0 bridgehead atoms. The van der Waals surface area contributed by atoms with Crippen LogP contribution in [0.5, 0.6) is 0 Å². The van der Waals surface area contributed by atoms with Crippen molar-refractivity contribution >= 4 is 5.91 Å². The summed E-state index contributed by atoms with van der Waals surface area (Å²) in [5.41, 5.74) is 0. The van der Waals surface area contributed by atoms with Gasteiger partial charge in [0.1, 0.15) is 0 Å². The van der Waals surface area contributed by atoms with Gasteiger partial charge in [-0.1, -0.05) is 6.92 Å². The summed E-state index contributed by atoms with van der Waals surface area (Å²) in [4.78, 5) is 13.4. The predicted molar refractivity (Wildman–Crippen MR) is 59.8 cm³/mol. The number of amides is 1. The molecule has 88 valence electrons. The number of rotatable bonds is 6. The van der Waals surface area contributed by atoms with Crippen LogP contribution in [-0.4, -0.2) is 50.2 Å². The topological polar surface area (TPSA) is 41.6 Å². The molecule has 0 aromatic heterocycles. The zero-order valence-corrected chi connectivity index (χ0v) is 9.79. The van der Waals surface area contributed by atoms with Crippen LogP contribution in [0, 0.1) is 0 Å². The van der Waals surface area contributed by atoms with Crippen LogP contribution < -0.4 is 5.32 Å². The van der Waals surface area contributed by atoms with E-state index in [9.17, 15) is 4.79 Å². The van der Waals surface area contributed by atoms with Gasteiger partial charge in [-0.05, 0) is 26.3 Å². The van der Waals surface area contributed by atoms with E-state index in [0.29, 0.717) is 12.6 Å². The van der Waals surface area contributed by atoms with Gasteiger partial charge in [0.05, 0.1) is 12.6 Å². The van der Waals surface area contributed by atoms with Crippen LogP contribution >= 0.6 is 0 Å². The van der Waals surface area contributed by atoms with Gasteiger partial charge in [0.25, 0.3) is 0 Å². The number of carbonyl (C=O) groups is 1. The molecule has 1 atom stereocenters. The highest BCUT2D eigenvalue weighted by Gasteiger charge is 2.18. The third-order valence-electron chi connectivity index (χ3n) is 2.52. The number of ether oxygens (including phenoxy) is 1. The van der Waals surface area contributed by atoms with Gasteiger partial charge >= 0.3 is 0 Å². The lowest BCUT2D eigenvalue weighted by Crippen LogP contribution is -2.38. The summed E-state index contributed by atoms with van der Waals surface area (Å²) < 4.78 is 5.51. The average Bonchev–Trinajstić information content (AvgIpc) is 2.67. The van der Waals surface area contributed by atoms with E-state index in [1.165, 1.54) is 0 Å². The highest BCUT2D eigenvalue weighted by Crippen LogP contribution is 2.12. The molecule has 0 radical (unpaired) electrons. The van der Waals surface area contributed by atoms with Crippen molar-refractivity contribution in [3.63, 3.8) is 0 Å². The van der Waals surface area contributed by atoms with E-state index in [1.807, 2.05) is 11.9 Å². The molecule has 1 aliphatic heterocycles. The second-order valence-electron chi connectivity index (χ2n) is 4.18. The fraction of sp³-hybridized carbons (Fsp3) is 0.909. The van der Waals surface area contributed by atoms with Gasteiger partial charge in [-0.25, -0.2) is 0 Å². The lowest BCUT2D eigenvalue weighted by atomic mass is 10.2. The molecule has 1 N–H and O–H groups in total. The molecule has 0 aromatic rings. The zero-order valence-electron chi connectivity index (χ0n) is 9.79. The Hall–Kier alpha value is -0.610. The molecule has 1 fully saturated rings. The summed E-state index contributed by atoms with van der Waals surface area (Å²) in [7, 11) is 1.97. The van der Waals surface area contributed by atoms with E-state index in [0.717, 1.165) is 39.0 Å². The van der Waals surface area contributed by atoms with E-state index in [4.69, 9.17) is 4.74 Å². The standard InChI is InChI=1S/C11H22N2O2/c1-3-6-12-11(14)9-13(2)8-10-5-4-7-15-10/h10H,3-9H2,1-2H3,(H,12,14). The summed E-state index contributed by atoms with van der Waals surface area (Å²) in [6.07, 6.45) is 3.59. The van der Waals surface area contributed by atoms with Gasteiger partial charge in [-0.3, -0.25) is 9.69 Å². The maximum Gasteiger partial charge on any atom is 0.234 e. The monoisotopic (exact) mass is 214 g/mol. The maximum absolute atomic E-state index is 11.4. The summed E-state index contributed by atoms with van der Waals surface area (Å²) in [5.74, 6) is 0.109. The summed E-state index contributed by atoms with van der Waals surface area (Å²) >= 11 is 0. The van der Waals surface area contributed by atoms with Crippen LogP contribution in [0.2, 0.25) is 0 Å². The molecule has 0 aromatic carbocycles. The number of nitrogens with zero attached hydrogens (tertiary/aromatic N) is 1. The molecule has 4 heteroatoms. The van der Waals surface area contributed by atoms with Crippen molar-refractivity contribution in [3.8, 4) is 0 Å². The molecule has 0 spiro atoms. The molecular formula is C11H22N2O2. The lowest BCUT2D eigenvalue weighted by molar-refractivity contribution is -0.122. The van der Waals surface area contributed by atoms with Crippen molar-refractivity contribution in [2.75, 3.05) is 33.3 Å². The van der Waals surface area contributed by atoms with Gasteiger partial charge < -0.3 is 10.1 Å². The number of likely N-dealkylation sites (N-methyl/N-ethyl adjacent to an activating group) is 1. The van der Waals surface area contributed by atoms with Crippen LogP contribution in [-0.2, 0) is 9.53 Å². The van der Waals surface area contributed by atoms with Crippen molar-refractivity contribution in [3.05, 3.63) is 0 Å². The number of hydrogen-bond donors (Lipinski definition) is 1. The summed E-state index contributed by atoms with van der Waals surface area (Å²) in [5, 5.41) is 2.87. The molecular weight excluding hydrogens is 192 g/mol. The van der Waals surface area contributed by atoms with Crippen molar-refractivity contribution in [2.24, 2.45) is 0 Å². The number of nitrogens with one attached hydrogen (secondary N) is 1. The van der Waals surface area contributed by atoms with E-state index < -0.39 is 0 Å². The second kappa shape index (κ2) is 6.80. The van der Waals surface area contributed by atoms with Gasteiger partial charge in [-0.15, -0.1) is 0 Å². The fourth-order valence-electron chi connectivity index (χ4n) is 1.77. The largest absolute Gasteiger partial charge is 0.377 e. The molecule has 4 nitrogen and oxygen atoms in total. The first-order chi connectivity index (χ1) is 7.22. The van der Waals surface area contributed by atoms with Gasteiger partial charge in [0, 0.05) is 19.7 Å². The average molecular weight is 214 g/mol. The minimum atomic E-state index is 0.109.